The zero-order valence-corrected chi connectivity index (χ0v) is 14.0. The molecule has 1 aromatic carbocycles. The van der Waals surface area contributed by atoms with E-state index in [0.29, 0.717) is 6.04 Å². The molecule has 0 aliphatic carbocycles. The van der Waals surface area contributed by atoms with E-state index in [0.717, 1.165) is 18.7 Å². The first kappa shape index (κ1) is 16.2. The molecule has 0 saturated carbocycles. The SMILES string of the molecule is CCCCC(Cc1nc(-c2ccccc2)cs1)NCCC. The molecule has 114 valence electrons. The average Bonchev–Trinajstić information content (AvgIpc) is 2.99. The third kappa shape index (κ3) is 5.25. The third-order valence-corrected chi connectivity index (χ3v) is 4.50. The zero-order chi connectivity index (χ0) is 14.9. The largest absolute Gasteiger partial charge is 0.314 e. The predicted molar refractivity (Wildman–Crippen MR) is 92.9 cm³/mol. The second-order valence-corrected chi connectivity index (χ2v) is 6.43. The monoisotopic (exact) mass is 302 g/mol. The summed E-state index contributed by atoms with van der Waals surface area (Å²) in [5.41, 5.74) is 2.33. The molecule has 0 fully saturated rings. The van der Waals surface area contributed by atoms with Crippen molar-refractivity contribution < 1.29 is 0 Å². The summed E-state index contributed by atoms with van der Waals surface area (Å²) in [5.74, 6) is 0. The Labute approximate surface area is 132 Å². The van der Waals surface area contributed by atoms with Crippen molar-refractivity contribution in [2.45, 2.75) is 52.0 Å². The van der Waals surface area contributed by atoms with Crippen molar-refractivity contribution in [2.75, 3.05) is 6.54 Å². The summed E-state index contributed by atoms with van der Waals surface area (Å²) in [6.07, 6.45) is 6.04. The van der Waals surface area contributed by atoms with Gasteiger partial charge in [0, 0.05) is 23.4 Å². The van der Waals surface area contributed by atoms with Crippen LogP contribution in [0, 0.1) is 0 Å². The second-order valence-electron chi connectivity index (χ2n) is 5.49. The zero-order valence-electron chi connectivity index (χ0n) is 13.1. The summed E-state index contributed by atoms with van der Waals surface area (Å²) >= 11 is 1.79. The Balaban J connectivity index is 1.98. The van der Waals surface area contributed by atoms with Gasteiger partial charge in [0.25, 0.3) is 0 Å². The third-order valence-electron chi connectivity index (χ3n) is 3.63. The van der Waals surface area contributed by atoms with Gasteiger partial charge in [0.15, 0.2) is 0 Å². The van der Waals surface area contributed by atoms with Crippen molar-refractivity contribution in [3.63, 3.8) is 0 Å². The first-order chi connectivity index (χ1) is 10.3. The first-order valence-electron chi connectivity index (χ1n) is 8.06. The molecule has 2 aromatic rings. The number of aromatic nitrogens is 1. The highest BCUT2D eigenvalue weighted by Gasteiger charge is 2.12. The van der Waals surface area contributed by atoms with E-state index in [9.17, 15) is 0 Å². The molecule has 1 atom stereocenters. The van der Waals surface area contributed by atoms with Crippen LogP contribution in [-0.4, -0.2) is 17.6 Å². The minimum atomic E-state index is 0.569. The van der Waals surface area contributed by atoms with Gasteiger partial charge in [0.1, 0.15) is 0 Å². The number of hydrogen-bond donors (Lipinski definition) is 1. The lowest BCUT2D eigenvalue weighted by Crippen LogP contribution is -2.31. The van der Waals surface area contributed by atoms with Crippen LogP contribution in [0.15, 0.2) is 35.7 Å². The predicted octanol–water partition coefficient (Wildman–Crippen LogP) is 4.91. The molecule has 3 heteroatoms. The number of rotatable bonds is 9. The second kappa shape index (κ2) is 8.96. The van der Waals surface area contributed by atoms with E-state index in [-0.39, 0.29) is 0 Å². The fraction of sp³-hybridized carbons (Fsp3) is 0.500. The molecule has 0 aliphatic rings. The van der Waals surface area contributed by atoms with Crippen molar-refractivity contribution >= 4 is 11.3 Å². The fourth-order valence-electron chi connectivity index (χ4n) is 2.43. The number of hydrogen-bond acceptors (Lipinski definition) is 3. The number of nitrogens with one attached hydrogen (secondary N) is 1. The summed E-state index contributed by atoms with van der Waals surface area (Å²) in [6.45, 7) is 5.58. The molecular weight excluding hydrogens is 276 g/mol. The van der Waals surface area contributed by atoms with Crippen molar-refractivity contribution in [3.05, 3.63) is 40.7 Å². The normalized spacial score (nSPS) is 12.5. The number of thiazole rings is 1. The fourth-order valence-corrected chi connectivity index (χ4v) is 3.32. The van der Waals surface area contributed by atoms with Crippen molar-refractivity contribution in [3.8, 4) is 11.3 Å². The number of unbranched alkanes of at least 4 members (excludes halogenated alkanes) is 1. The Morgan fingerprint density at radius 3 is 2.67 bits per heavy atom. The molecule has 0 radical (unpaired) electrons. The minimum absolute atomic E-state index is 0.569. The molecule has 21 heavy (non-hydrogen) atoms. The van der Waals surface area contributed by atoms with Gasteiger partial charge in [-0.15, -0.1) is 11.3 Å². The number of benzene rings is 1. The Bertz CT molecular complexity index is 499. The van der Waals surface area contributed by atoms with Gasteiger partial charge in [0.05, 0.1) is 10.7 Å². The molecule has 0 saturated heterocycles. The highest BCUT2D eigenvalue weighted by molar-refractivity contribution is 7.09. The summed E-state index contributed by atoms with van der Waals surface area (Å²) in [6, 6.07) is 11.0. The van der Waals surface area contributed by atoms with Crippen molar-refractivity contribution in [1.29, 1.82) is 0 Å². The van der Waals surface area contributed by atoms with E-state index in [1.807, 2.05) is 6.07 Å². The van der Waals surface area contributed by atoms with Crippen molar-refractivity contribution in [2.24, 2.45) is 0 Å². The van der Waals surface area contributed by atoms with Gasteiger partial charge in [0.2, 0.25) is 0 Å². The van der Waals surface area contributed by atoms with Gasteiger partial charge in [-0.05, 0) is 19.4 Å². The molecule has 2 nitrogen and oxygen atoms in total. The molecule has 2 rings (SSSR count). The van der Waals surface area contributed by atoms with Crippen LogP contribution in [0.4, 0.5) is 0 Å². The van der Waals surface area contributed by atoms with Gasteiger partial charge in [-0.3, -0.25) is 0 Å². The standard InChI is InChI=1S/C18H26N2S/c1-3-5-11-16(19-12-4-2)13-18-20-17(14-21-18)15-9-7-6-8-10-15/h6-10,14,16,19H,3-5,11-13H2,1-2H3. The van der Waals surface area contributed by atoms with Gasteiger partial charge in [-0.2, -0.15) is 0 Å². The topological polar surface area (TPSA) is 24.9 Å². The van der Waals surface area contributed by atoms with Crippen LogP contribution in [0.25, 0.3) is 11.3 Å². The molecule has 1 aromatic heterocycles. The van der Waals surface area contributed by atoms with Gasteiger partial charge >= 0.3 is 0 Å². The summed E-state index contributed by atoms with van der Waals surface area (Å²) in [5, 5.41) is 7.10. The number of nitrogens with zero attached hydrogens (tertiary/aromatic N) is 1. The van der Waals surface area contributed by atoms with E-state index in [2.05, 4.69) is 48.8 Å². The van der Waals surface area contributed by atoms with Crippen LogP contribution in [0.2, 0.25) is 0 Å². The maximum Gasteiger partial charge on any atom is 0.0948 e. The first-order valence-corrected chi connectivity index (χ1v) is 8.94. The molecule has 1 heterocycles. The van der Waals surface area contributed by atoms with Crippen LogP contribution >= 0.6 is 11.3 Å². The highest BCUT2D eigenvalue weighted by atomic mass is 32.1. The van der Waals surface area contributed by atoms with Gasteiger partial charge in [-0.1, -0.05) is 57.0 Å². The Kier molecular flexibility index (Phi) is 6.90. The summed E-state index contributed by atoms with van der Waals surface area (Å²) in [7, 11) is 0. The Morgan fingerprint density at radius 1 is 1.14 bits per heavy atom. The summed E-state index contributed by atoms with van der Waals surface area (Å²) < 4.78 is 0. The molecule has 0 spiro atoms. The van der Waals surface area contributed by atoms with Gasteiger partial charge < -0.3 is 5.32 Å². The Hall–Kier alpha value is -1.19. The molecule has 0 bridgehead atoms. The van der Waals surface area contributed by atoms with Gasteiger partial charge in [-0.25, -0.2) is 4.98 Å². The van der Waals surface area contributed by atoms with Crippen LogP contribution in [0.5, 0.6) is 0 Å². The Morgan fingerprint density at radius 2 is 1.95 bits per heavy atom. The maximum absolute atomic E-state index is 4.81. The van der Waals surface area contributed by atoms with E-state index < -0.39 is 0 Å². The maximum atomic E-state index is 4.81. The lowest BCUT2D eigenvalue weighted by atomic mass is 10.1. The average molecular weight is 302 g/mol. The highest BCUT2D eigenvalue weighted by Crippen LogP contribution is 2.22. The lowest BCUT2D eigenvalue weighted by molar-refractivity contribution is 0.461. The van der Waals surface area contributed by atoms with Crippen LogP contribution in [-0.2, 0) is 6.42 Å². The van der Waals surface area contributed by atoms with E-state index in [4.69, 9.17) is 4.98 Å². The van der Waals surface area contributed by atoms with Crippen LogP contribution in [0.1, 0.15) is 44.5 Å². The van der Waals surface area contributed by atoms with Crippen LogP contribution in [0.3, 0.4) is 0 Å². The molecule has 0 amide bonds. The molecule has 1 unspecified atom stereocenters. The lowest BCUT2D eigenvalue weighted by Gasteiger charge is -2.16. The van der Waals surface area contributed by atoms with Crippen molar-refractivity contribution in [1.82, 2.24) is 10.3 Å². The molecular formula is C18H26N2S. The minimum Gasteiger partial charge on any atom is -0.314 e. The molecule has 0 aliphatic heterocycles. The van der Waals surface area contributed by atoms with E-state index in [1.165, 1.54) is 36.3 Å². The quantitative estimate of drug-likeness (QED) is 0.712. The van der Waals surface area contributed by atoms with E-state index in [1.54, 1.807) is 11.3 Å². The van der Waals surface area contributed by atoms with E-state index >= 15 is 0 Å². The summed E-state index contributed by atoms with van der Waals surface area (Å²) in [4.78, 5) is 4.81. The smallest absolute Gasteiger partial charge is 0.0948 e. The van der Waals surface area contributed by atoms with Crippen LogP contribution < -0.4 is 5.32 Å². The molecule has 1 N–H and O–H groups in total.